The van der Waals surface area contributed by atoms with E-state index in [0.29, 0.717) is 0 Å². The summed E-state index contributed by atoms with van der Waals surface area (Å²) in [6, 6.07) is 5.86. The van der Waals surface area contributed by atoms with Crippen LogP contribution in [0.15, 0.2) is 31.0 Å². The van der Waals surface area contributed by atoms with Crippen molar-refractivity contribution in [1.82, 2.24) is 0 Å². The van der Waals surface area contributed by atoms with Crippen molar-refractivity contribution in [2.75, 3.05) is 11.1 Å². The molecule has 58 valence electrons. The van der Waals surface area contributed by atoms with Gasteiger partial charge in [-0.05, 0) is 30.8 Å². The fourth-order valence-corrected chi connectivity index (χ4v) is 0.924. The van der Waals surface area contributed by atoms with Gasteiger partial charge in [0.15, 0.2) is 0 Å². The standard InChI is InChI=1S/C9H12N2/c1-3-11-9-5-4-7(2)6-8(9)10/h3-6,11H,1,10H2,2H3. The van der Waals surface area contributed by atoms with Gasteiger partial charge in [0, 0.05) is 0 Å². The molecular weight excluding hydrogens is 136 g/mol. The normalized spacial score (nSPS) is 9.18. The van der Waals surface area contributed by atoms with E-state index < -0.39 is 0 Å². The second-order valence-corrected chi connectivity index (χ2v) is 2.44. The van der Waals surface area contributed by atoms with Crippen LogP contribution in [0, 0.1) is 6.92 Å². The highest BCUT2D eigenvalue weighted by Gasteiger charge is 1.94. The quantitative estimate of drug-likeness (QED) is 0.630. The van der Waals surface area contributed by atoms with E-state index in [-0.39, 0.29) is 0 Å². The molecular formula is C9H12N2. The number of nitrogen functional groups attached to an aromatic ring is 1. The van der Waals surface area contributed by atoms with Crippen LogP contribution in [0.3, 0.4) is 0 Å². The first-order valence-corrected chi connectivity index (χ1v) is 3.47. The Bertz CT molecular complexity index is 266. The van der Waals surface area contributed by atoms with Gasteiger partial charge in [0.2, 0.25) is 0 Å². The van der Waals surface area contributed by atoms with E-state index in [2.05, 4.69) is 11.9 Å². The summed E-state index contributed by atoms with van der Waals surface area (Å²) in [5.41, 5.74) is 8.52. The van der Waals surface area contributed by atoms with Crippen molar-refractivity contribution in [2.45, 2.75) is 6.92 Å². The zero-order chi connectivity index (χ0) is 8.27. The van der Waals surface area contributed by atoms with Gasteiger partial charge in [-0.25, -0.2) is 0 Å². The Morgan fingerprint density at radius 3 is 2.82 bits per heavy atom. The topological polar surface area (TPSA) is 38.0 Å². The maximum absolute atomic E-state index is 5.70. The molecule has 2 heteroatoms. The molecule has 0 aliphatic rings. The molecule has 2 nitrogen and oxygen atoms in total. The van der Waals surface area contributed by atoms with E-state index in [4.69, 9.17) is 5.73 Å². The van der Waals surface area contributed by atoms with E-state index in [1.54, 1.807) is 6.20 Å². The van der Waals surface area contributed by atoms with Crippen molar-refractivity contribution < 1.29 is 0 Å². The number of nitrogens with two attached hydrogens (primary N) is 1. The highest BCUT2D eigenvalue weighted by molar-refractivity contribution is 5.67. The largest absolute Gasteiger partial charge is 0.397 e. The van der Waals surface area contributed by atoms with Crippen LogP contribution < -0.4 is 11.1 Å². The fraction of sp³-hybridized carbons (Fsp3) is 0.111. The van der Waals surface area contributed by atoms with Gasteiger partial charge in [-0.2, -0.15) is 0 Å². The van der Waals surface area contributed by atoms with Gasteiger partial charge < -0.3 is 11.1 Å². The van der Waals surface area contributed by atoms with E-state index >= 15 is 0 Å². The van der Waals surface area contributed by atoms with Gasteiger partial charge in [0.05, 0.1) is 11.4 Å². The van der Waals surface area contributed by atoms with Gasteiger partial charge >= 0.3 is 0 Å². The molecule has 0 aliphatic carbocycles. The lowest BCUT2D eigenvalue weighted by Gasteiger charge is -2.04. The molecule has 0 heterocycles. The van der Waals surface area contributed by atoms with E-state index in [1.165, 1.54) is 0 Å². The van der Waals surface area contributed by atoms with Crippen molar-refractivity contribution >= 4 is 11.4 Å². The Kier molecular flexibility index (Phi) is 2.16. The molecule has 0 saturated heterocycles. The Morgan fingerprint density at radius 1 is 1.55 bits per heavy atom. The predicted molar refractivity (Wildman–Crippen MR) is 49.4 cm³/mol. The second kappa shape index (κ2) is 3.10. The van der Waals surface area contributed by atoms with Crippen molar-refractivity contribution in [3.63, 3.8) is 0 Å². The third kappa shape index (κ3) is 1.74. The number of aryl methyl sites for hydroxylation is 1. The number of benzene rings is 1. The number of hydrogen-bond acceptors (Lipinski definition) is 2. The molecule has 0 aliphatic heterocycles. The summed E-state index contributed by atoms with van der Waals surface area (Å²) in [6.07, 6.45) is 1.61. The predicted octanol–water partition coefficient (Wildman–Crippen LogP) is 2.13. The minimum atomic E-state index is 0.755. The lowest BCUT2D eigenvalue weighted by Crippen LogP contribution is -1.94. The van der Waals surface area contributed by atoms with Crippen molar-refractivity contribution in [3.8, 4) is 0 Å². The smallest absolute Gasteiger partial charge is 0.0613 e. The van der Waals surface area contributed by atoms with Crippen LogP contribution in [0.1, 0.15) is 5.56 Å². The molecule has 0 spiro atoms. The van der Waals surface area contributed by atoms with Crippen LogP contribution >= 0.6 is 0 Å². The average molecular weight is 148 g/mol. The fourth-order valence-electron chi connectivity index (χ4n) is 0.924. The third-order valence-corrected chi connectivity index (χ3v) is 1.46. The molecule has 1 aromatic rings. The molecule has 0 aromatic heterocycles. The first kappa shape index (κ1) is 7.66. The highest BCUT2D eigenvalue weighted by atomic mass is 14.9. The molecule has 0 fully saturated rings. The zero-order valence-electron chi connectivity index (χ0n) is 6.59. The first-order valence-electron chi connectivity index (χ1n) is 3.47. The van der Waals surface area contributed by atoms with E-state index in [1.807, 2.05) is 25.1 Å². The van der Waals surface area contributed by atoms with Crippen LogP contribution in [0.25, 0.3) is 0 Å². The molecule has 3 N–H and O–H groups in total. The SMILES string of the molecule is C=CNc1ccc(C)cc1N. The van der Waals surface area contributed by atoms with Gasteiger partial charge in [-0.15, -0.1) is 0 Å². The molecule has 0 unspecified atom stereocenters. The highest BCUT2D eigenvalue weighted by Crippen LogP contribution is 2.18. The third-order valence-electron chi connectivity index (χ3n) is 1.46. The van der Waals surface area contributed by atoms with Gasteiger partial charge in [0.1, 0.15) is 0 Å². The summed E-state index contributed by atoms with van der Waals surface area (Å²) in [7, 11) is 0. The number of nitrogens with one attached hydrogen (secondary N) is 1. The summed E-state index contributed by atoms with van der Waals surface area (Å²) in [5, 5.41) is 2.94. The monoisotopic (exact) mass is 148 g/mol. The summed E-state index contributed by atoms with van der Waals surface area (Å²) in [6.45, 7) is 5.56. The van der Waals surface area contributed by atoms with E-state index in [9.17, 15) is 0 Å². The summed E-state index contributed by atoms with van der Waals surface area (Å²) in [4.78, 5) is 0. The first-order chi connectivity index (χ1) is 5.24. The van der Waals surface area contributed by atoms with Crippen LogP contribution in [-0.2, 0) is 0 Å². The Labute approximate surface area is 66.7 Å². The summed E-state index contributed by atoms with van der Waals surface area (Å²) >= 11 is 0. The van der Waals surface area contributed by atoms with Crippen LogP contribution in [-0.4, -0.2) is 0 Å². The minimum absolute atomic E-state index is 0.755. The summed E-state index contributed by atoms with van der Waals surface area (Å²) < 4.78 is 0. The molecule has 11 heavy (non-hydrogen) atoms. The van der Waals surface area contributed by atoms with Crippen LogP contribution in [0.4, 0.5) is 11.4 Å². The Morgan fingerprint density at radius 2 is 2.27 bits per heavy atom. The lowest BCUT2D eigenvalue weighted by atomic mass is 10.2. The molecule has 0 bridgehead atoms. The second-order valence-electron chi connectivity index (χ2n) is 2.44. The van der Waals surface area contributed by atoms with Crippen LogP contribution in [0.2, 0.25) is 0 Å². The minimum Gasteiger partial charge on any atom is -0.397 e. The lowest BCUT2D eigenvalue weighted by molar-refractivity contribution is 1.46. The molecule has 0 atom stereocenters. The number of anilines is 2. The molecule has 0 saturated carbocycles. The summed E-state index contributed by atoms with van der Waals surface area (Å²) in [5.74, 6) is 0. The number of rotatable bonds is 2. The van der Waals surface area contributed by atoms with Gasteiger partial charge in [-0.1, -0.05) is 12.6 Å². The maximum Gasteiger partial charge on any atom is 0.0613 e. The van der Waals surface area contributed by atoms with Crippen molar-refractivity contribution in [2.24, 2.45) is 0 Å². The molecule has 1 rings (SSSR count). The molecule has 0 radical (unpaired) electrons. The zero-order valence-corrected chi connectivity index (χ0v) is 6.59. The van der Waals surface area contributed by atoms with Gasteiger partial charge in [0.25, 0.3) is 0 Å². The van der Waals surface area contributed by atoms with Crippen LogP contribution in [0.5, 0.6) is 0 Å². The molecule has 0 amide bonds. The average Bonchev–Trinajstić information content (AvgIpc) is 1.95. The molecule has 1 aromatic carbocycles. The number of hydrogen-bond donors (Lipinski definition) is 2. The van der Waals surface area contributed by atoms with Gasteiger partial charge in [-0.3, -0.25) is 0 Å². The van der Waals surface area contributed by atoms with Crippen molar-refractivity contribution in [1.29, 1.82) is 0 Å². The van der Waals surface area contributed by atoms with Crippen molar-refractivity contribution in [3.05, 3.63) is 36.5 Å². The van der Waals surface area contributed by atoms with E-state index in [0.717, 1.165) is 16.9 Å². The Hall–Kier alpha value is -1.44. The Balaban J connectivity index is 2.98. The maximum atomic E-state index is 5.70.